The van der Waals surface area contributed by atoms with Gasteiger partial charge >= 0.3 is 12.2 Å². The smallest absolute Gasteiger partial charge is 0.407 e. The number of hydrogen-bond acceptors (Lipinski definition) is 11. The first-order chi connectivity index (χ1) is 31.1. The van der Waals surface area contributed by atoms with E-state index >= 15 is 0 Å². The molecule has 4 aliphatic heterocycles. The summed E-state index contributed by atoms with van der Waals surface area (Å²) < 4.78 is 26.4. The van der Waals surface area contributed by atoms with Crippen molar-refractivity contribution in [2.24, 2.45) is 17.8 Å². The molecule has 6 atom stereocenters. The molecule has 342 valence electrons. The zero-order valence-electron chi connectivity index (χ0n) is 37.0. The maximum atomic E-state index is 14.3. The molecule has 4 fully saturated rings. The van der Waals surface area contributed by atoms with Crippen LogP contribution in [0.15, 0.2) is 60.9 Å². The van der Waals surface area contributed by atoms with E-state index in [4.69, 9.17) is 33.7 Å². The van der Waals surface area contributed by atoms with Gasteiger partial charge in [0.05, 0.1) is 56.7 Å². The normalized spacial score (nSPS) is 22.8. The number of H-pyrrole nitrogens is 2. The number of likely N-dealkylation sites (tertiary alicyclic amines) is 2. The molecular weight excluding hydrogens is 821 g/mol. The van der Waals surface area contributed by atoms with Gasteiger partial charge in [0.25, 0.3) is 0 Å². The van der Waals surface area contributed by atoms with Gasteiger partial charge in [0.2, 0.25) is 11.8 Å². The van der Waals surface area contributed by atoms with E-state index in [1.165, 1.54) is 14.2 Å². The molecule has 4 N–H and O–H groups in total. The second-order valence-corrected chi connectivity index (χ2v) is 17.4. The second kappa shape index (κ2) is 20.4. The first-order valence-electron chi connectivity index (χ1n) is 22.4. The number of aromatic nitrogens is 4. The van der Waals surface area contributed by atoms with Gasteiger partial charge in [0, 0.05) is 52.0 Å². The highest BCUT2D eigenvalue weighted by Crippen LogP contribution is 2.39. The van der Waals surface area contributed by atoms with Gasteiger partial charge in [-0.25, -0.2) is 19.6 Å². The van der Waals surface area contributed by atoms with Crippen LogP contribution in [0.4, 0.5) is 9.59 Å². The Morgan fingerprint density at radius 1 is 0.672 bits per heavy atom. The van der Waals surface area contributed by atoms with E-state index in [1.807, 2.05) is 22.9 Å². The van der Waals surface area contributed by atoms with Crippen molar-refractivity contribution in [1.82, 2.24) is 40.4 Å². The van der Waals surface area contributed by atoms with Crippen LogP contribution in [0.3, 0.4) is 0 Å². The monoisotopic (exact) mass is 880 g/mol. The van der Waals surface area contributed by atoms with Crippen molar-refractivity contribution in [3.05, 3.63) is 72.6 Å². The maximum absolute atomic E-state index is 14.3. The van der Waals surface area contributed by atoms with E-state index in [0.29, 0.717) is 77.5 Å². The van der Waals surface area contributed by atoms with E-state index in [9.17, 15) is 19.2 Å². The number of benzene rings is 2. The average molecular weight is 881 g/mol. The molecule has 0 aliphatic carbocycles. The Morgan fingerprint density at radius 2 is 1.14 bits per heavy atom. The molecule has 4 amide bonds. The predicted molar refractivity (Wildman–Crippen MR) is 236 cm³/mol. The molecule has 17 heteroatoms. The fourth-order valence-corrected chi connectivity index (χ4v) is 9.97. The number of methoxy groups -OCH3 is 3. The first-order valence-corrected chi connectivity index (χ1v) is 22.4. The summed E-state index contributed by atoms with van der Waals surface area (Å²) in [5.74, 6) is 1.12. The molecule has 8 rings (SSSR count). The number of nitrogens with one attached hydrogen (secondary N) is 4. The van der Waals surface area contributed by atoms with E-state index < -0.39 is 24.3 Å². The van der Waals surface area contributed by atoms with Gasteiger partial charge in [-0.3, -0.25) is 9.59 Å². The van der Waals surface area contributed by atoms with Crippen molar-refractivity contribution in [3.8, 4) is 33.6 Å². The highest BCUT2D eigenvalue weighted by molar-refractivity contribution is 5.87. The van der Waals surface area contributed by atoms with Gasteiger partial charge < -0.3 is 54.1 Å². The lowest BCUT2D eigenvalue weighted by Crippen LogP contribution is -2.54. The lowest BCUT2D eigenvalue weighted by Gasteiger charge is -2.36. The summed E-state index contributed by atoms with van der Waals surface area (Å²) in [7, 11) is 4.27. The Labute approximate surface area is 373 Å². The number of aromatic amines is 2. The number of carbonyl (C=O) groups is 4. The van der Waals surface area contributed by atoms with Gasteiger partial charge in [-0.1, -0.05) is 48.5 Å². The molecule has 4 aliphatic rings. The summed E-state index contributed by atoms with van der Waals surface area (Å²) in [6.45, 7) is 5.21. The summed E-state index contributed by atoms with van der Waals surface area (Å²) >= 11 is 0. The van der Waals surface area contributed by atoms with E-state index in [2.05, 4.69) is 69.1 Å². The Morgan fingerprint density at radius 3 is 1.62 bits per heavy atom. The summed E-state index contributed by atoms with van der Waals surface area (Å²) in [5, 5.41) is 5.66. The van der Waals surface area contributed by atoms with Crippen LogP contribution in [-0.4, -0.2) is 133 Å². The van der Waals surface area contributed by atoms with Crippen LogP contribution in [0.5, 0.6) is 0 Å². The number of amides is 4. The van der Waals surface area contributed by atoms with Gasteiger partial charge in [-0.15, -0.1) is 0 Å². The van der Waals surface area contributed by atoms with Gasteiger partial charge in [0.1, 0.15) is 23.7 Å². The number of alkyl carbamates (subject to hydrolysis) is 2. The van der Waals surface area contributed by atoms with E-state index in [0.717, 1.165) is 52.3 Å². The van der Waals surface area contributed by atoms with Crippen LogP contribution in [0.25, 0.3) is 33.6 Å². The fourth-order valence-electron chi connectivity index (χ4n) is 9.97. The van der Waals surface area contributed by atoms with Crippen LogP contribution in [-0.2, 0) is 33.3 Å². The minimum absolute atomic E-state index is 0.0190. The van der Waals surface area contributed by atoms with Crippen LogP contribution < -0.4 is 10.6 Å². The van der Waals surface area contributed by atoms with Crippen LogP contribution >= 0.6 is 0 Å². The van der Waals surface area contributed by atoms with Crippen molar-refractivity contribution in [2.75, 3.05) is 60.9 Å². The quantitative estimate of drug-likeness (QED) is 0.122. The SMILES string of the molecule is COC[C@H]1CC(c2ncc(-c3ccc(-c4ccc(-c5cnc([C@@H]6CC[C@H](C)N6C(=O)[C@@H](NC(=O)OC)C6CCOCC6)[nH]5)cc4)cc3)[nH]2)N(C(=O)[C@@H](NC(=O)OC)C2CCOCC2)C1. The standard InChI is InChI=1S/C47H60N8O9/c1-28-5-14-38(55(28)45(57)41(53-47(59)62-4)35-17-21-64-22-18-35)42-48-24-36(50-42)32-10-6-30(7-11-32)31-8-12-33(13-9-31)37-25-49-43(51-37)39-23-29(27-60-2)26-54(39)44(56)40(52-46(58)61-3)34-15-19-63-20-16-34/h6-13,24-25,28-29,34-35,38-41H,5,14-23,26-27H2,1-4H3,(H,48,50)(H,49,51)(H,52,58)(H,53,59)/t28-,29-,38-,39?,40-,41-/m0/s1. The summed E-state index contributed by atoms with van der Waals surface area (Å²) in [6.07, 6.45) is 7.32. The predicted octanol–water partition coefficient (Wildman–Crippen LogP) is 6.02. The highest BCUT2D eigenvalue weighted by atomic mass is 16.5. The molecule has 4 aromatic rings. The Bertz CT molecular complexity index is 2220. The largest absolute Gasteiger partial charge is 0.453 e. The summed E-state index contributed by atoms with van der Waals surface area (Å²) in [5.41, 5.74) is 5.69. The minimum Gasteiger partial charge on any atom is -0.453 e. The molecule has 0 bridgehead atoms. The third-order valence-electron chi connectivity index (χ3n) is 13.5. The molecule has 17 nitrogen and oxygen atoms in total. The fraction of sp³-hybridized carbons (Fsp3) is 0.532. The third kappa shape index (κ3) is 9.81. The molecule has 2 aromatic heterocycles. The molecule has 64 heavy (non-hydrogen) atoms. The van der Waals surface area contributed by atoms with Crippen molar-refractivity contribution in [2.45, 2.75) is 82.1 Å². The van der Waals surface area contributed by atoms with Gasteiger partial charge in [-0.05, 0) is 86.0 Å². The topological polar surface area (TPSA) is 202 Å². The van der Waals surface area contributed by atoms with Crippen molar-refractivity contribution in [3.63, 3.8) is 0 Å². The summed E-state index contributed by atoms with van der Waals surface area (Å²) in [4.78, 5) is 73.5. The molecule has 2 aromatic carbocycles. The van der Waals surface area contributed by atoms with Gasteiger partial charge in [-0.2, -0.15) is 0 Å². The molecule has 0 radical (unpaired) electrons. The lowest BCUT2D eigenvalue weighted by atomic mass is 9.90. The molecule has 0 saturated carbocycles. The Hall–Kier alpha value is -5.78. The number of ether oxygens (including phenoxy) is 5. The molecule has 6 heterocycles. The van der Waals surface area contributed by atoms with Crippen LogP contribution in [0.1, 0.15) is 75.6 Å². The zero-order valence-corrected chi connectivity index (χ0v) is 37.0. The van der Waals surface area contributed by atoms with Gasteiger partial charge in [0.15, 0.2) is 0 Å². The molecule has 4 saturated heterocycles. The lowest BCUT2D eigenvalue weighted by molar-refractivity contribution is -0.139. The molecule has 1 unspecified atom stereocenters. The Balaban J connectivity index is 0.941. The molecule has 0 spiro atoms. The average Bonchev–Trinajstić information content (AvgIpc) is 4.17. The number of rotatable bonds is 13. The number of imidazole rings is 2. The van der Waals surface area contributed by atoms with E-state index in [-0.39, 0.29) is 47.7 Å². The second-order valence-electron chi connectivity index (χ2n) is 17.4. The molecular formula is C47H60N8O9. The van der Waals surface area contributed by atoms with E-state index in [1.54, 1.807) is 13.3 Å². The number of hydrogen-bond donors (Lipinski definition) is 4. The highest BCUT2D eigenvalue weighted by Gasteiger charge is 2.45. The number of carbonyl (C=O) groups excluding carboxylic acids is 4. The third-order valence-corrected chi connectivity index (χ3v) is 13.5. The van der Waals surface area contributed by atoms with Crippen molar-refractivity contribution < 1.29 is 42.9 Å². The zero-order chi connectivity index (χ0) is 44.7. The van der Waals surface area contributed by atoms with Crippen molar-refractivity contribution >= 4 is 24.0 Å². The van der Waals surface area contributed by atoms with Crippen LogP contribution in [0, 0.1) is 17.8 Å². The minimum atomic E-state index is -0.739. The maximum Gasteiger partial charge on any atom is 0.407 e. The van der Waals surface area contributed by atoms with Crippen LogP contribution in [0.2, 0.25) is 0 Å². The summed E-state index contributed by atoms with van der Waals surface area (Å²) in [6, 6.07) is 14.5. The number of nitrogens with zero attached hydrogens (tertiary/aromatic N) is 4. The first kappa shape index (κ1) is 44.8. The van der Waals surface area contributed by atoms with Crippen molar-refractivity contribution in [1.29, 1.82) is 0 Å². The Kier molecular flexibility index (Phi) is 14.3.